The molecule has 0 aromatic heterocycles. The van der Waals surface area contributed by atoms with E-state index in [1.54, 1.807) is 0 Å². The van der Waals surface area contributed by atoms with Gasteiger partial charge in [0.15, 0.2) is 0 Å². The number of ether oxygens (including phenoxy) is 2. The number of benzene rings is 1. The van der Waals surface area contributed by atoms with E-state index in [1.165, 1.54) is 6.07 Å². The molecule has 0 saturated carbocycles. The third-order valence-electron chi connectivity index (χ3n) is 1.74. The lowest BCUT2D eigenvalue weighted by molar-refractivity contribution is -0.274. The highest BCUT2D eigenvalue weighted by molar-refractivity contribution is 5.76. The molecule has 0 amide bonds. The lowest BCUT2D eigenvalue weighted by Gasteiger charge is -2.11. The molecule has 3 nitrogen and oxygen atoms in total. The van der Waals surface area contributed by atoms with Gasteiger partial charge in [0, 0.05) is 11.6 Å². The van der Waals surface area contributed by atoms with Crippen LogP contribution in [0.25, 0.3) is 0 Å². The van der Waals surface area contributed by atoms with Crippen LogP contribution >= 0.6 is 0 Å². The molecule has 0 aliphatic carbocycles. The first kappa shape index (κ1) is 13.3. The van der Waals surface area contributed by atoms with E-state index in [-0.39, 0.29) is 11.3 Å². The smallest absolute Gasteiger partial charge is 0.493 e. The van der Waals surface area contributed by atoms with Crippen molar-refractivity contribution in [2.45, 2.75) is 19.7 Å². The number of carbonyl (C=O) groups is 1. The van der Waals surface area contributed by atoms with Crippen molar-refractivity contribution >= 4 is 6.29 Å². The normalized spacial score (nSPS) is 11.1. The van der Waals surface area contributed by atoms with E-state index >= 15 is 0 Å². The van der Waals surface area contributed by atoms with Crippen LogP contribution in [0.5, 0.6) is 11.5 Å². The molecule has 0 heterocycles. The minimum absolute atomic E-state index is 0.0675. The predicted molar refractivity (Wildman–Crippen MR) is 54.3 cm³/mol. The molecule has 6 heteroatoms. The average molecular weight is 248 g/mol. The third kappa shape index (κ3) is 4.76. The van der Waals surface area contributed by atoms with Crippen molar-refractivity contribution in [1.29, 1.82) is 0 Å². The Kier molecular flexibility index (Phi) is 4.37. The summed E-state index contributed by atoms with van der Waals surface area (Å²) < 4.78 is 44.9. The Morgan fingerprint density at radius 3 is 2.41 bits per heavy atom. The van der Waals surface area contributed by atoms with E-state index in [2.05, 4.69) is 4.74 Å². The summed E-state index contributed by atoms with van der Waals surface area (Å²) in [5.41, 5.74) is 0.0675. The average Bonchev–Trinajstić information content (AvgIpc) is 2.23. The standard InChI is InChI=1S/C11H11F3O3/c1-2-3-16-9-4-8(7-15)5-10(6-9)17-11(12,13)14/h4-7H,2-3H2,1H3. The molecule has 1 rings (SSSR count). The highest BCUT2D eigenvalue weighted by atomic mass is 19.4. The Morgan fingerprint density at radius 2 is 1.88 bits per heavy atom. The highest BCUT2D eigenvalue weighted by Gasteiger charge is 2.31. The Bertz CT molecular complexity index is 388. The van der Waals surface area contributed by atoms with E-state index in [0.29, 0.717) is 19.3 Å². The van der Waals surface area contributed by atoms with Crippen molar-refractivity contribution in [2.75, 3.05) is 6.61 Å². The van der Waals surface area contributed by atoms with Gasteiger partial charge in [0.1, 0.15) is 17.8 Å². The maximum Gasteiger partial charge on any atom is 0.573 e. The fraction of sp³-hybridized carbons (Fsp3) is 0.364. The Balaban J connectivity index is 2.92. The van der Waals surface area contributed by atoms with Crippen LogP contribution in [0.1, 0.15) is 23.7 Å². The molecule has 17 heavy (non-hydrogen) atoms. The Labute approximate surface area is 96.1 Å². The molecule has 0 aliphatic rings. The third-order valence-corrected chi connectivity index (χ3v) is 1.74. The van der Waals surface area contributed by atoms with Crippen molar-refractivity contribution in [2.24, 2.45) is 0 Å². The van der Waals surface area contributed by atoms with Crippen LogP contribution in [-0.2, 0) is 0 Å². The molecule has 0 radical (unpaired) electrons. The number of hydrogen-bond acceptors (Lipinski definition) is 3. The van der Waals surface area contributed by atoms with E-state index in [1.807, 2.05) is 6.92 Å². The molecular formula is C11H11F3O3. The first-order chi connectivity index (χ1) is 7.94. The zero-order valence-corrected chi connectivity index (χ0v) is 9.08. The van der Waals surface area contributed by atoms with Crippen LogP contribution in [0.4, 0.5) is 13.2 Å². The van der Waals surface area contributed by atoms with Crippen molar-refractivity contribution < 1.29 is 27.4 Å². The second kappa shape index (κ2) is 5.56. The van der Waals surface area contributed by atoms with Gasteiger partial charge in [-0.3, -0.25) is 4.79 Å². The van der Waals surface area contributed by atoms with E-state index in [0.717, 1.165) is 12.1 Å². The van der Waals surface area contributed by atoms with Crippen molar-refractivity contribution in [3.8, 4) is 11.5 Å². The van der Waals surface area contributed by atoms with Gasteiger partial charge in [-0.15, -0.1) is 13.2 Å². The van der Waals surface area contributed by atoms with E-state index < -0.39 is 12.1 Å². The monoisotopic (exact) mass is 248 g/mol. The van der Waals surface area contributed by atoms with Crippen molar-refractivity contribution in [3.05, 3.63) is 23.8 Å². The molecule has 0 spiro atoms. The van der Waals surface area contributed by atoms with Crippen LogP contribution in [0.15, 0.2) is 18.2 Å². The molecule has 1 aromatic carbocycles. The molecule has 0 atom stereocenters. The van der Waals surface area contributed by atoms with Crippen LogP contribution in [0.2, 0.25) is 0 Å². The maximum atomic E-state index is 12.0. The number of halogens is 3. The molecule has 0 N–H and O–H groups in total. The molecule has 1 aromatic rings. The van der Waals surface area contributed by atoms with Gasteiger partial charge in [-0.2, -0.15) is 0 Å². The second-order valence-corrected chi connectivity index (χ2v) is 3.25. The Hall–Kier alpha value is -1.72. The summed E-state index contributed by atoms with van der Waals surface area (Å²) in [6.07, 6.45) is -3.65. The zero-order chi connectivity index (χ0) is 12.9. The summed E-state index contributed by atoms with van der Waals surface area (Å²) in [6, 6.07) is 3.45. The first-order valence-corrected chi connectivity index (χ1v) is 4.93. The van der Waals surface area contributed by atoms with Crippen molar-refractivity contribution in [3.63, 3.8) is 0 Å². The van der Waals surface area contributed by atoms with Gasteiger partial charge in [-0.25, -0.2) is 0 Å². The van der Waals surface area contributed by atoms with Crippen LogP contribution in [0.3, 0.4) is 0 Å². The minimum Gasteiger partial charge on any atom is -0.493 e. The second-order valence-electron chi connectivity index (χ2n) is 3.25. The molecule has 0 unspecified atom stereocenters. The van der Waals surface area contributed by atoms with Gasteiger partial charge in [-0.1, -0.05) is 6.92 Å². The van der Waals surface area contributed by atoms with Crippen LogP contribution in [0, 0.1) is 0 Å². The molecule has 0 fully saturated rings. The summed E-state index contributed by atoms with van der Waals surface area (Å²) in [5, 5.41) is 0. The topological polar surface area (TPSA) is 35.5 Å². The van der Waals surface area contributed by atoms with Gasteiger partial charge in [-0.05, 0) is 18.6 Å². The molecule has 0 aliphatic heterocycles. The van der Waals surface area contributed by atoms with Crippen LogP contribution < -0.4 is 9.47 Å². The first-order valence-electron chi connectivity index (χ1n) is 4.93. The molecule has 94 valence electrons. The van der Waals surface area contributed by atoms with Gasteiger partial charge >= 0.3 is 6.36 Å². The van der Waals surface area contributed by atoms with Gasteiger partial charge in [0.2, 0.25) is 0 Å². The lowest BCUT2D eigenvalue weighted by Crippen LogP contribution is -2.17. The SMILES string of the molecule is CCCOc1cc(C=O)cc(OC(F)(F)F)c1. The zero-order valence-electron chi connectivity index (χ0n) is 9.08. The molecule has 0 saturated heterocycles. The van der Waals surface area contributed by atoms with E-state index in [4.69, 9.17) is 4.74 Å². The highest BCUT2D eigenvalue weighted by Crippen LogP contribution is 2.27. The van der Waals surface area contributed by atoms with Gasteiger partial charge < -0.3 is 9.47 Å². The fourth-order valence-corrected chi connectivity index (χ4v) is 1.16. The van der Waals surface area contributed by atoms with Crippen molar-refractivity contribution in [1.82, 2.24) is 0 Å². The predicted octanol–water partition coefficient (Wildman–Crippen LogP) is 3.19. The number of carbonyl (C=O) groups excluding carboxylic acids is 1. The summed E-state index contributed by atoms with van der Waals surface area (Å²) in [5.74, 6) is -0.288. The summed E-state index contributed by atoms with van der Waals surface area (Å²) >= 11 is 0. The maximum absolute atomic E-state index is 12.0. The number of hydrogen-bond donors (Lipinski definition) is 0. The number of alkyl halides is 3. The lowest BCUT2D eigenvalue weighted by atomic mass is 10.2. The summed E-state index contributed by atoms with van der Waals surface area (Å²) in [7, 11) is 0. The summed E-state index contributed by atoms with van der Waals surface area (Å²) in [4.78, 5) is 10.6. The van der Waals surface area contributed by atoms with Gasteiger partial charge in [0.25, 0.3) is 0 Å². The number of rotatable bonds is 5. The van der Waals surface area contributed by atoms with E-state index in [9.17, 15) is 18.0 Å². The van der Waals surface area contributed by atoms with Gasteiger partial charge in [0.05, 0.1) is 6.61 Å². The quantitative estimate of drug-likeness (QED) is 0.751. The number of aldehydes is 1. The molecule has 0 bridgehead atoms. The summed E-state index contributed by atoms with van der Waals surface area (Å²) in [6.45, 7) is 2.21. The fourth-order valence-electron chi connectivity index (χ4n) is 1.16. The Morgan fingerprint density at radius 1 is 1.24 bits per heavy atom. The van der Waals surface area contributed by atoms with Crippen LogP contribution in [-0.4, -0.2) is 19.3 Å². The molecular weight excluding hydrogens is 237 g/mol. The minimum atomic E-state index is -4.79. The largest absolute Gasteiger partial charge is 0.573 e.